The van der Waals surface area contributed by atoms with Crippen molar-refractivity contribution >= 4 is 5.91 Å². The number of hydrogen-bond acceptors (Lipinski definition) is 7. The Morgan fingerprint density at radius 3 is 2.77 bits per heavy atom. The van der Waals surface area contributed by atoms with E-state index in [9.17, 15) is 19.4 Å². The van der Waals surface area contributed by atoms with E-state index >= 15 is 0 Å². The maximum Gasteiger partial charge on any atom is 0.274 e. The van der Waals surface area contributed by atoms with Crippen LogP contribution in [-0.2, 0) is 6.54 Å². The van der Waals surface area contributed by atoms with Crippen LogP contribution >= 0.6 is 0 Å². The zero-order chi connectivity index (χ0) is 18.7. The summed E-state index contributed by atoms with van der Waals surface area (Å²) in [5.41, 5.74) is 0.387. The van der Waals surface area contributed by atoms with Gasteiger partial charge in [-0.15, -0.1) is 0 Å². The SMILES string of the molecule is CN1CCNC(c2nc(O)c(O)c(C(=O)NCc3ccc(F)cc3)n2)C1. The van der Waals surface area contributed by atoms with Crippen molar-refractivity contribution in [3.63, 3.8) is 0 Å². The lowest BCUT2D eigenvalue weighted by Crippen LogP contribution is -2.44. The Morgan fingerprint density at radius 1 is 1.35 bits per heavy atom. The predicted molar refractivity (Wildman–Crippen MR) is 91.2 cm³/mol. The Balaban J connectivity index is 1.77. The fourth-order valence-electron chi connectivity index (χ4n) is 2.71. The van der Waals surface area contributed by atoms with Crippen LogP contribution in [0.15, 0.2) is 24.3 Å². The van der Waals surface area contributed by atoms with Crippen molar-refractivity contribution in [2.45, 2.75) is 12.6 Å². The highest BCUT2D eigenvalue weighted by Gasteiger charge is 2.26. The third-order valence-electron chi connectivity index (χ3n) is 4.15. The second-order valence-electron chi connectivity index (χ2n) is 6.18. The third-order valence-corrected chi connectivity index (χ3v) is 4.15. The smallest absolute Gasteiger partial charge is 0.274 e. The Hall–Kier alpha value is -2.78. The molecule has 1 aromatic carbocycles. The number of hydrogen-bond donors (Lipinski definition) is 4. The molecule has 1 unspecified atom stereocenters. The number of carbonyl (C=O) groups is 1. The summed E-state index contributed by atoms with van der Waals surface area (Å²) in [4.78, 5) is 22.5. The molecular weight excluding hydrogens is 341 g/mol. The molecule has 1 amide bonds. The average Bonchev–Trinajstić information content (AvgIpc) is 2.63. The minimum atomic E-state index is -0.672. The van der Waals surface area contributed by atoms with E-state index in [0.717, 1.165) is 13.1 Å². The summed E-state index contributed by atoms with van der Waals surface area (Å²) < 4.78 is 12.9. The first kappa shape index (κ1) is 18.0. The molecule has 0 spiro atoms. The molecule has 1 aromatic heterocycles. The number of carbonyl (C=O) groups excluding carboxylic acids is 1. The van der Waals surface area contributed by atoms with Crippen LogP contribution in [0, 0.1) is 5.82 Å². The molecule has 9 heteroatoms. The molecule has 1 atom stereocenters. The van der Waals surface area contributed by atoms with Gasteiger partial charge in [0.2, 0.25) is 5.75 Å². The van der Waals surface area contributed by atoms with Crippen molar-refractivity contribution in [1.82, 2.24) is 25.5 Å². The van der Waals surface area contributed by atoms with Gasteiger partial charge in [0.1, 0.15) is 5.82 Å². The lowest BCUT2D eigenvalue weighted by Gasteiger charge is -2.30. The molecule has 1 saturated heterocycles. The van der Waals surface area contributed by atoms with Crippen LogP contribution in [0.4, 0.5) is 4.39 Å². The van der Waals surface area contributed by atoms with Gasteiger partial charge >= 0.3 is 0 Å². The van der Waals surface area contributed by atoms with E-state index in [2.05, 4.69) is 25.5 Å². The van der Waals surface area contributed by atoms with Crippen LogP contribution in [0.1, 0.15) is 27.9 Å². The molecule has 2 aromatic rings. The highest BCUT2D eigenvalue weighted by molar-refractivity contribution is 5.95. The first-order valence-electron chi connectivity index (χ1n) is 8.18. The number of aromatic nitrogens is 2. The molecule has 26 heavy (non-hydrogen) atoms. The molecule has 2 heterocycles. The maximum atomic E-state index is 12.9. The van der Waals surface area contributed by atoms with Gasteiger partial charge in [-0.25, -0.2) is 9.37 Å². The van der Waals surface area contributed by atoms with Crippen molar-refractivity contribution in [2.24, 2.45) is 0 Å². The molecule has 138 valence electrons. The Morgan fingerprint density at radius 2 is 2.08 bits per heavy atom. The average molecular weight is 361 g/mol. The number of benzene rings is 1. The Labute approximate surface area is 149 Å². The largest absolute Gasteiger partial charge is 0.501 e. The number of aromatic hydroxyl groups is 2. The summed E-state index contributed by atoms with van der Waals surface area (Å²) in [5, 5.41) is 25.6. The van der Waals surface area contributed by atoms with Gasteiger partial charge in [-0.2, -0.15) is 4.98 Å². The molecule has 1 aliphatic rings. The van der Waals surface area contributed by atoms with Gasteiger partial charge in [0.15, 0.2) is 11.5 Å². The topological polar surface area (TPSA) is 111 Å². The van der Waals surface area contributed by atoms with Gasteiger partial charge in [-0.3, -0.25) is 4.79 Å². The third kappa shape index (κ3) is 4.06. The van der Waals surface area contributed by atoms with Crippen molar-refractivity contribution < 1.29 is 19.4 Å². The summed E-state index contributed by atoms with van der Waals surface area (Å²) in [5.74, 6) is -2.10. The monoisotopic (exact) mass is 361 g/mol. The molecule has 4 N–H and O–H groups in total. The van der Waals surface area contributed by atoms with E-state index in [1.54, 1.807) is 12.1 Å². The minimum Gasteiger partial charge on any atom is -0.501 e. The van der Waals surface area contributed by atoms with Gasteiger partial charge < -0.3 is 25.7 Å². The van der Waals surface area contributed by atoms with Crippen LogP contribution in [0.3, 0.4) is 0 Å². The molecule has 3 rings (SSSR count). The standard InChI is InChI=1S/C17H20FN5O3/c1-23-7-6-19-12(9-23)15-21-13(14(24)17(26)22-15)16(25)20-8-10-2-4-11(18)5-3-10/h2-5,12,19,24H,6-9H2,1H3,(H,20,25)(H,21,22,26). The summed E-state index contributed by atoms with van der Waals surface area (Å²) >= 11 is 0. The van der Waals surface area contributed by atoms with Crippen molar-refractivity contribution in [3.8, 4) is 11.6 Å². The van der Waals surface area contributed by atoms with Gasteiger partial charge in [0.05, 0.1) is 6.04 Å². The van der Waals surface area contributed by atoms with Crippen LogP contribution in [0.5, 0.6) is 11.6 Å². The molecule has 0 radical (unpaired) electrons. The van der Waals surface area contributed by atoms with Crippen LogP contribution < -0.4 is 10.6 Å². The second kappa shape index (κ2) is 7.63. The lowest BCUT2D eigenvalue weighted by molar-refractivity contribution is 0.0940. The second-order valence-corrected chi connectivity index (χ2v) is 6.18. The van der Waals surface area contributed by atoms with Gasteiger partial charge in [-0.05, 0) is 24.7 Å². The number of nitrogens with zero attached hydrogens (tertiary/aromatic N) is 3. The van der Waals surface area contributed by atoms with E-state index in [1.807, 2.05) is 7.05 Å². The molecule has 8 nitrogen and oxygen atoms in total. The number of halogens is 1. The summed E-state index contributed by atoms with van der Waals surface area (Å²) in [6, 6.07) is 5.40. The first-order valence-corrected chi connectivity index (χ1v) is 8.18. The van der Waals surface area contributed by atoms with E-state index in [1.165, 1.54) is 12.1 Å². The zero-order valence-corrected chi connectivity index (χ0v) is 14.2. The summed E-state index contributed by atoms with van der Waals surface area (Å²) in [6.07, 6.45) is 0. The highest BCUT2D eigenvalue weighted by Crippen LogP contribution is 2.27. The van der Waals surface area contributed by atoms with Crippen molar-refractivity contribution in [3.05, 3.63) is 47.2 Å². The number of piperazine rings is 1. The van der Waals surface area contributed by atoms with Crippen LogP contribution in [-0.4, -0.2) is 57.7 Å². The van der Waals surface area contributed by atoms with Crippen LogP contribution in [0.2, 0.25) is 0 Å². The molecular formula is C17H20FN5O3. The highest BCUT2D eigenvalue weighted by atomic mass is 19.1. The fourth-order valence-corrected chi connectivity index (χ4v) is 2.71. The van der Waals surface area contributed by atoms with Crippen molar-refractivity contribution in [1.29, 1.82) is 0 Å². The van der Waals surface area contributed by atoms with E-state index < -0.39 is 17.5 Å². The number of amides is 1. The molecule has 0 aliphatic carbocycles. The van der Waals surface area contributed by atoms with E-state index in [0.29, 0.717) is 12.1 Å². The quantitative estimate of drug-likeness (QED) is 0.629. The van der Waals surface area contributed by atoms with Crippen LogP contribution in [0.25, 0.3) is 0 Å². The Bertz CT molecular complexity index is 800. The van der Waals surface area contributed by atoms with Gasteiger partial charge in [0.25, 0.3) is 11.8 Å². The fraction of sp³-hybridized carbons (Fsp3) is 0.353. The summed E-state index contributed by atoms with van der Waals surface area (Å²) in [6.45, 7) is 2.33. The normalized spacial score (nSPS) is 17.8. The van der Waals surface area contributed by atoms with Gasteiger partial charge in [-0.1, -0.05) is 12.1 Å². The Kier molecular flexibility index (Phi) is 5.29. The first-order chi connectivity index (χ1) is 12.4. The zero-order valence-electron chi connectivity index (χ0n) is 14.2. The number of nitrogens with one attached hydrogen (secondary N) is 2. The molecule has 1 fully saturated rings. The number of likely N-dealkylation sites (N-methyl/N-ethyl adjacent to an activating group) is 1. The molecule has 0 bridgehead atoms. The van der Waals surface area contributed by atoms with Gasteiger partial charge in [0, 0.05) is 26.2 Å². The predicted octanol–water partition coefficient (Wildman–Crippen LogP) is 0.533. The van der Waals surface area contributed by atoms with E-state index in [-0.39, 0.29) is 29.9 Å². The summed E-state index contributed by atoms with van der Waals surface area (Å²) in [7, 11) is 1.95. The molecule has 1 aliphatic heterocycles. The lowest BCUT2D eigenvalue weighted by atomic mass is 10.2. The van der Waals surface area contributed by atoms with E-state index in [4.69, 9.17) is 0 Å². The number of rotatable bonds is 4. The van der Waals surface area contributed by atoms with Crippen molar-refractivity contribution in [2.75, 3.05) is 26.7 Å². The minimum absolute atomic E-state index is 0.128. The molecule has 0 saturated carbocycles. The maximum absolute atomic E-state index is 12.9.